The number of pyridine rings is 1. The average Bonchev–Trinajstić information content (AvgIpc) is 3.28. The summed E-state index contributed by atoms with van der Waals surface area (Å²) >= 11 is 1.52. The maximum atomic E-state index is 13.4. The summed E-state index contributed by atoms with van der Waals surface area (Å²) in [6.45, 7) is 4.35. The van der Waals surface area contributed by atoms with Crippen molar-refractivity contribution in [2.45, 2.75) is 26.8 Å². The molecular formula is C21H21N5OS. The number of thiazole rings is 1. The molecule has 1 amide bonds. The van der Waals surface area contributed by atoms with E-state index in [1.165, 1.54) is 16.9 Å². The van der Waals surface area contributed by atoms with Crippen molar-refractivity contribution in [2.24, 2.45) is 7.05 Å². The molecule has 1 aromatic carbocycles. The molecule has 0 unspecified atom stereocenters. The van der Waals surface area contributed by atoms with Gasteiger partial charge in [0.1, 0.15) is 0 Å². The zero-order valence-electron chi connectivity index (χ0n) is 16.1. The minimum absolute atomic E-state index is 0.166. The second-order valence-electron chi connectivity index (χ2n) is 6.66. The van der Waals surface area contributed by atoms with Crippen LogP contribution in [0.15, 0.2) is 48.8 Å². The van der Waals surface area contributed by atoms with Crippen LogP contribution in [0.4, 0.5) is 5.13 Å². The summed E-state index contributed by atoms with van der Waals surface area (Å²) in [5.74, 6) is -0.166. The molecule has 0 radical (unpaired) electrons. The van der Waals surface area contributed by atoms with E-state index in [1.807, 2.05) is 50.5 Å². The van der Waals surface area contributed by atoms with Gasteiger partial charge in [0.2, 0.25) is 0 Å². The second kappa shape index (κ2) is 7.52. The average molecular weight is 392 g/mol. The van der Waals surface area contributed by atoms with Crippen molar-refractivity contribution in [3.05, 3.63) is 71.3 Å². The Hall–Kier alpha value is -3.06. The largest absolute Gasteiger partial charge is 0.281 e. The summed E-state index contributed by atoms with van der Waals surface area (Å²) in [5.41, 5.74) is 4.22. The summed E-state index contributed by atoms with van der Waals surface area (Å²) in [6, 6.07) is 11.9. The van der Waals surface area contributed by atoms with Gasteiger partial charge >= 0.3 is 0 Å². The molecule has 7 heteroatoms. The van der Waals surface area contributed by atoms with E-state index >= 15 is 0 Å². The molecule has 0 atom stereocenters. The molecule has 6 nitrogen and oxygen atoms in total. The first-order chi connectivity index (χ1) is 13.6. The van der Waals surface area contributed by atoms with E-state index in [0.717, 1.165) is 27.9 Å². The fourth-order valence-corrected chi connectivity index (χ4v) is 4.23. The lowest BCUT2D eigenvalue weighted by molar-refractivity contribution is 0.0978. The van der Waals surface area contributed by atoms with Gasteiger partial charge in [-0.2, -0.15) is 5.10 Å². The van der Waals surface area contributed by atoms with Crippen LogP contribution in [-0.4, -0.2) is 25.7 Å². The van der Waals surface area contributed by atoms with Gasteiger partial charge in [-0.1, -0.05) is 36.5 Å². The van der Waals surface area contributed by atoms with Gasteiger partial charge < -0.3 is 0 Å². The number of fused-ring (bicyclic) bond motifs is 1. The number of hydrogen-bond donors (Lipinski definition) is 0. The monoisotopic (exact) mass is 391 g/mol. The van der Waals surface area contributed by atoms with Gasteiger partial charge in [0, 0.05) is 25.0 Å². The van der Waals surface area contributed by atoms with Crippen LogP contribution < -0.4 is 4.90 Å². The molecule has 0 N–H and O–H groups in total. The van der Waals surface area contributed by atoms with Gasteiger partial charge in [-0.05, 0) is 37.1 Å². The van der Waals surface area contributed by atoms with Crippen LogP contribution in [0.25, 0.3) is 10.2 Å². The van der Waals surface area contributed by atoms with E-state index < -0.39 is 0 Å². The fourth-order valence-electron chi connectivity index (χ4n) is 3.22. The number of hydrogen-bond acceptors (Lipinski definition) is 5. The highest BCUT2D eigenvalue weighted by Crippen LogP contribution is 2.32. The minimum Gasteiger partial charge on any atom is -0.276 e. The Kier molecular flexibility index (Phi) is 4.92. The molecular weight excluding hydrogens is 370 g/mol. The van der Waals surface area contributed by atoms with Crippen LogP contribution in [-0.2, 0) is 20.0 Å². The summed E-state index contributed by atoms with van der Waals surface area (Å²) in [4.78, 5) is 24.3. The Morgan fingerprint density at radius 1 is 1.21 bits per heavy atom. The Labute approximate surface area is 167 Å². The van der Waals surface area contributed by atoms with Crippen molar-refractivity contribution in [3.8, 4) is 0 Å². The SMILES string of the molecule is CCc1cccc2sc(N(Cc3ccccn3)C(=O)c3nn(C)cc3C)nc12. The van der Waals surface area contributed by atoms with Crippen LogP contribution in [0.5, 0.6) is 0 Å². The molecule has 0 aliphatic heterocycles. The number of rotatable bonds is 5. The van der Waals surface area contributed by atoms with Crippen LogP contribution in [0.2, 0.25) is 0 Å². The van der Waals surface area contributed by atoms with Gasteiger partial charge in [-0.25, -0.2) is 4.98 Å². The summed E-state index contributed by atoms with van der Waals surface area (Å²) < 4.78 is 2.74. The van der Waals surface area contributed by atoms with Crippen LogP contribution in [0.3, 0.4) is 0 Å². The standard InChI is InChI=1S/C21H21N5OS/c1-4-15-8-7-10-17-19(15)23-21(28-17)26(13-16-9-5-6-11-22-16)20(27)18-14(2)12-25(3)24-18/h5-12H,4,13H2,1-3H3. The van der Waals surface area contributed by atoms with E-state index in [2.05, 4.69) is 23.1 Å². The number of carbonyl (C=O) groups excluding carboxylic acids is 1. The third-order valence-corrected chi connectivity index (χ3v) is 5.65. The van der Waals surface area contributed by atoms with Crippen LogP contribution >= 0.6 is 11.3 Å². The minimum atomic E-state index is -0.166. The first kappa shape index (κ1) is 18.3. The molecule has 28 heavy (non-hydrogen) atoms. The van der Waals surface area contributed by atoms with Gasteiger partial charge in [-0.3, -0.25) is 19.4 Å². The Morgan fingerprint density at radius 2 is 2.07 bits per heavy atom. The molecule has 0 saturated heterocycles. The number of aromatic nitrogens is 4. The summed E-state index contributed by atoms with van der Waals surface area (Å²) in [5, 5.41) is 5.03. The summed E-state index contributed by atoms with van der Waals surface area (Å²) in [7, 11) is 1.82. The first-order valence-electron chi connectivity index (χ1n) is 9.17. The third-order valence-electron chi connectivity index (χ3n) is 4.61. The van der Waals surface area contributed by atoms with Gasteiger partial charge in [0.05, 0.1) is 22.5 Å². The highest BCUT2D eigenvalue weighted by molar-refractivity contribution is 7.22. The lowest BCUT2D eigenvalue weighted by Crippen LogP contribution is -2.31. The Morgan fingerprint density at radius 3 is 2.75 bits per heavy atom. The van der Waals surface area contributed by atoms with Gasteiger partial charge in [0.15, 0.2) is 10.8 Å². The third kappa shape index (κ3) is 3.41. The van der Waals surface area contributed by atoms with Crippen LogP contribution in [0, 0.1) is 6.92 Å². The molecule has 0 aliphatic carbocycles. The summed E-state index contributed by atoms with van der Waals surface area (Å²) in [6.07, 6.45) is 4.48. The predicted octanol–water partition coefficient (Wildman–Crippen LogP) is 4.14. The molecule has 4 rings (SSSR count). The second-order valence-corrected chi connectivity index (χ2v) is 7.67. The van der Waals surface area contributed by atoms with E-state index in [0.29, 0.717) is 17.4 Å². The molecule has 3 aromatic heterocycles. The van der Waals surface area contributed by atoms with E-state index in [4.69, 9.17) is 4.98 Å². The van der Waals surface area contributed by atoms with Crippen molar-refractivity contribution in [3.63, 3.8) is 0 Å². The number of anilines is 1. The number of carbonyl (C=O) groups is 1. The fraction of sp³-hybridized carbons (Fsp3) is 0.238. The molecule has 0 aliphatic rings. The maximum absolute atomic E-state index is 13.4. The normalized spacial score (nSPS) is 11.1. The number of amides is 1. The maximum Gasteiger partial charge on any atom is 0.281 e. The van der Waals surface area contributed by atoms with Crippen molar-refractivity contribution < 1.29 is 4.79 Å². The highest BCUT2D eigenvalue weighted by Gasteiger charge is 2.26. The van der Waals surface area contributed by atoms with Gasteiger partial charge in [-0.15, -0.1) is 0 Å². The number of nitrogens with zero attached hydrogens (tertiary/aromatic N) is 5. The lowest BCUT2D eigenvalue weighted by Gasteiger charge is -2.18. The number of aryl methyl sites for hydroxylation is 3. The lowest BCUT2D eigenvalue weighted by atomic mass is 10.1. The topological polar surface area (TPSA) is 63.9 Å². The van der Waals surface area contributed by atoms with E-state index in [-0.39, 0.29) is 5.91 Å². The molecule has 0 fully saturated rings. The molecule has 0 bridgehead atoms. The zero-order chi connectivity index (χ0) is 19.7. The quantitative estimate of drug-likeness (QED) is 0.513. The molecule has 0 spiro atoms. The smallest absolute Gasteiger partial charge is 0.276 e. The zero-order valence-corrected chi connectivity index (χ0v) is 16.9. The van der Waals surface area contributed by atoms with E-state index in [1.54, 1.807) is 15.8 Å². The van der Waals surface area contributed by atoms with Crippen molar-refractivity contribution in [2.75, 3.05) is 4.90 Å². The van der Waals surface area contributed by atoms with E-state index in [9.17, 15) is 4.79 Å². The Balaban J connectivity index is 1.81. The van der Waals surface area contributed by atoms with Crippen molar-refractivity contribution in [1.82, 2.24) is 19.7 Å². The molecule has 142 valence electrons. The van der Waals surface area contributed by atoms with Gasteiger partial charge in [0.25, 0.3) is 5.91 Å². The molecule has 4 aromatic rings. The highest BCUT2D eigenvalue weighted by atomic mass is 32.1. The van der Waals surface area contributed by atoms with Crippen molar-refractivity contribution in [1.29, 1.82) is 0 Å². The number of benzene rings is 1. The first-order valence-corrected chi connectivity index (χ1v) is 9.99. The molecule has 0 saturated carbocycles. The molecule has 3 heterocycles. The Bertz CT molecular complexity index is 1130. The number of para-hydroxylation sites is 1. The van der Waals surface area contributed by atoms with Crippen LogP contribution in [0.1, 0.15) is 34.2 Å². The predicted molar refractivity (Wildman–Crippen MR) is 112 cm³/mol. The van der Waals surface area contributed by atoms with Crippen molar-refractivity contribution >= 4 is 32.6 Å².